The molecule has 92 valence electrons. The minimum atomic E-state index is -0.621. The molecule has 1 aromatic heterocycles. The molecular formula is C11H8FN3O3. The van der Waals surface area contributed by atoms with Crippen molar-refractivity contribution in [2.24, 2.45) is 0 Å². The van der Waals surface area contributed by atoms with E-state index in [9.17, 15) is 19.3 Å². The van der Waals surface area contributed by atoms with E-state index < -0.39 is 16.5 Å². The van der Waals surface area contributed by atoms with Gasteiger partial charge in [0.05, 0.1) is 10.5 Å². The number of Topliss-reactive ketones (excluding diaryl/α,β-unsaturated/α-hetero) is 1. The summed E-state index contributed by atoms with van der Waals surface area (Å²) in [4.78, 5) is 21.6. The molecule has 0 aliphatic rings. The van der Waals surface area contributed by atoms with Gasteiger partial charge in [0.1, 0.15) is 24.8 Å². The Labute approximate surface area is 101 Å². The molecule has 0 N–H and O–H groups in total. The lowest BCUT2D eigenvalue weighted by molar-refractivity contribution is -0.385. The molecule has 0 amide bonds. The van der Waals surface area contributed by atoms with Crippen LogP contribution in [0, 0.1) is 15.9 Å². The lowest BCUT2D eigenvalue weighted by Crippen LogP contribution is -2.12. The van der Waals surface area contributed by atoms with Crippen LogP contribution in [0.4, 0.5) is 10.1 Å². The van der Waals surface area contributed by atoms with Crippen molar-refractivity contribution in [3.05, 3.63) is 58.2 Å². The fourth-order valence-electron chi connectivity index (χ4n) is 1.45. The lowest BCUT2D eigenvalue weighted by Gasteiger charge is -2.01. The van der Waals surface area contributed by atoms with Crippen LogP contribution < -0.4 is 0 Å². The number of aromatic nitrogens is 2. The van der Waals surface area contributed by atoms with Crippen LogP contribution in [-0.4, -0.2) is 20.5 Å². The summed E-state index contributed by atoms with van der Waals surface area (Å²) < 4.78 is 14.4. The predicted octanol–water partition coefficient (Wildman–Crippen LogP) is 1.81. The third-order valence-corrected chi connectivity index (χ3v) is 2.31. The van der Waals surface area contributed by atoms with Crippen molar-refractivity contribution in [3.63, 3.8) is 0 Å². The van der Waals surface area contributed by atoms with E-state index >= 15 is 0 Å². The highest BCUT2D eigenvalue weighted by Crippen LogP contribution is 2.11. The van der Waals surface area contributed by atoms with Gasteiger partial charge in [-0.3, -0.25) is 19.6 Å². The first kappa shape index (κ1) is 11.9. The highest BCUT2D eigenvalue weighted by Gasteiger charge is 2.14. The van der Waals surface area contributed by atoms with Gasteiger partial charge >= 0.3 is 5.69 Å². The van der Waals surface area contributed by atoms with Crippen LogP contribution in [0.15, 0.2) is 36.7 Å². The Bertz CT molecular complexity index is 609. The van der Waals surface area contributed by atoms with Crippen molar-refractivity contribution in [2.75, 3.05) is 0 Å². The van der Waals surface area contributed by atoms with Gasteiger partial charge in [-0.05, 0) is 12.1 Å². The summed E-state index contributed by atoms with van der Waals surface area (Å²) in [5.74, 6) is -1.12. The van der Waals surface area contributed by atoms with Gasteiger partial charge in [0.25, 0.3) is 0 Å². The highest BCUT2D eigenvalue weighted by molar-refractivity contribution is 5.96. The Morgan fingerprint density at radius 2 is 2.17 bits per heavy atom. The van der Waals surface area contributed by atoms with Gasteiger partial charge in [-0.25, -0.2) is 4.39 Å². The van der Waals surface area contributed by atoms with E-state index in [-0.39, 0.29) is 17.8 Å². The fraction of sp³-hybridized carbons (Fsp3) is 0.0909. The average Bonchev–Trinajstić information content (AvgIpc) is 2.78. The van der Waals surface area contributed by atoms with Crippen molar-refractivity contribution >= 4 is 11.5 Å². The monoisotopic (exact) mass is 249 g/mol. The zero-order valence-electron chi connectivity index (χ0n) is 9.12. The number of halogens is 1. The molecule has 0 bridgehead atoms. The first-order valence-electron chi connectivity index (χ1n) is 5.02. The first-order chi connectivity index (χ1) is 8.58. The van der Waals surface area contributed by atoms with Crippen LogP contribution in [0.2, 0.25) is 0 Å². The van der Waals surface area contributed by atoms with Crippen LogP contribution in [0.1, 0.15) is 10.4 Å². The smallest absolute Gasteiger partial charge is 0.292 e. The van der Waals surface area contributed by atoms with Gasteiger partial charge in [0.2, 0.25) is 0 Å². The van der Waals surface area contributed by atoms with Crippen molar-refractivity contribution in [2.45, 2.75) is 6.54 Å². The topological polar surface area (TPSA) is 78.0 Å². The molecule has 0 unspecified atom stereocenters. The number of carbonyl (C=O) groups is 1. The molecule has 0 radical (unpaired) electrons. The maximum atomic E-state index is 13.3. The second-order valence-corrected chi connectivity index (χ2v) is 3.56. The summed E-state index contributed by atoms with van der Waals surface area (Å²) in [6, 6.07) is 5.56. The summed E-state index contributed by atoms with van der Waals surface area (Å²) in [5, 5.41) is 14.1. The van der Waals surface area contributed by atoms with Gasteiger partial charge in [0, 0.05) is 0 Å². The number of hydrogen-bond acceptors (Lipinski definition) is 4. The Morgan fingerprint density at radius 3 is 2.78 bits per heavy atom. The molecule has 0 spiro atoms. The number of carbonyl (C=O) groups excluding carboxylic acids is 1. The second kappa shape index (κ2) is 4.74. The maximum Gasteiger partial charge on any atom is 0.307 e. The fourth-order valence-corrected chi connectivity index (χ4v) is 1.45. The van der Waals surface area contributed by atoms with Crippen molar-refractivity contribution in [1.29, 1.82) is 0 Å². The van der Waals surface area contributed by atoms with Crippen molar-refractivity contribution < 1.29 is 14.1 Å². The van der Waals surface area contributed by atoms with Crippen LogP contribution in [0.3, 0.4) is 0 Å². The van der Waals surface area contributed by atoms with E-state index in [1.807, 2.05) is 0 Å². The number of ketones is 1. The molecule has 0 atom stereocenters. The standard InChI is InChI=1S/C11H8FN3O3/c12-10-4-2-1-3-9(10)11(16)7-14-6-8(5-13-14)15(17)18/h1-6H,7H2. The lowest BCUT2D eigenvalue weighted by atomic mass is 10.1. The van der Waals surface area contributed by atoms with Gasteiger partial charge in [-0.2, -0.15) is 5.10 Å². The Morgan fingerprint density at radius 1 is 1.44 bits per heavy atom. The van der Waals surface area contributed by atoms with E-state index in [0.717, 1.165) is 17.1 Å². The molecule has 1 heterocycles. The largest absolute Gasteiger partial charge is 0.307 e. The van der Waals surface area contributed by atoms with Gasteiger partial charge in [-0.1, -0.05) is 12.1 Å². The zero-order chi connectivity index (χ0) is 13.1. The van der Waals surface area contributed by atoms with E-state index in [4.69, 9.17) is 0 Å². The summed E-state index contributed by atoms with van der Waals surface area (Å²) in [6.45, 7) is -0.241. The molecule has 0 saturated heterocycles. The van der Waals surface area contributed by atoms with Crippen LogP contribution in [0.5, 0.6) is 0 Å². The highest BCUT2D eigenvalue weighted by atomic mass is 19.1. The first-order valence-corrected chi connectivity index (χ1v) is 5.02. The second-order valence-electron chi connectivity index (χ2n) is 3.56. The van der Waals surface area contributed by atoms with E-state index in [0.29, 0.717) is 0 Å². The van der Waals surface area contributed by atoms with Crippen molar-refractivity contribution in [1.82, 2.24) is 9.78 Å². The predicted molar refractivity (Wildman–Crippen MR) is 59.6 cm³/mol. The molecule has 6 nitrogen and oxygen atoms in total. The number of benzene rings is 1. The normalized spacial score (nSPS) is 10.3. The van der Waals surface area contributed by atoms with Gasteiger partial charge < -0.3 is 0 Å². The number of rotatable bonds is 4. The summed E-state index contributed by atoms with van der Waals surface area (Å²) in [7, 11) is 0. The SMILES string of the molecule is O=C(Cn1cc([N+](=O)[O-])cn1)c1ccccc1F. The molecule has 0 aliphatic carbocycles. The molecule has 18 heavy (non-hydrogen) atoms. The zero-order valence-corrected chi connectivity index (χ0v) is 9.12. The van der Waals surface area contributed by atoms with Crippen LogP contribution >= 0.6 is 0 Å². The summed E-state index contributed by atoms with van der Waals surface area (Å²) in [6.07, 6.45) is 2.16. The number of nitrogens with zero attached hydrogens (tertiary/aromatic N) is 3. The molecule has 2 rings (SSSR count). The molecular weight excluding hydrogens is 241 g/mol. The van der Waals surface area contributed by atoms with E-state index in [2.05, 4.69) is 5.10 Å². The Kier molecular flexibility index (Phi) is 3.13. The number of hydrogen-bond donors (Lipinski definition) is 0. The third kappa shape index (κ3) is 2.40. The van der Waals surface area contributed by atoms with E-state index in [1.165, 1.54) is 18.2 Å². The molecule has 0 fully saturated rings. The van der Waals surface area contributed by atoms with Gasteiger partial charge in [-0.15, -0.1) is 0 Å². The summed E-state index contributed by atoms with van der Waals surface area (Å²) >= 11 is 0. The maximum absolute atomic E-state index is 13.3. The quantitative estimate of drug-likeness (QED) is 0.470. The Hall–Kier alpha value is -2.57. The Balaban J connectivity index is 2.16. The summed E-state index contributed by atoms with van der Waals surface area (Å²) in [5.41, 5.74) is -0.271. The third-order valence-electron chi connectivity index (χ3n) is 2.31. The number of nitro groups is 1. The van der Waals surface area contributed by atoms with Crippen LogP contribution in [0.25, 0.3) is 0 Å². The van der Waals surface area contributed by atoms with Crippen molar-refractivity contribution in [3.8, 4) is 0 Å². The van der Waals surface area contributed by atoms with Gasteiger partial charge in [0.15, 0.2) is 5.78 Å². The molecule has 2 aromatic rings. The van der Waals surface area contributed by atoms with Crippen LogP contribution in [-0.2, 0) is 6.54 Å². The average molecular weight is 249 g/mol. The molecule has 1 aromatic carbocycles. The molecule has 7 heteroatoms. The van der Waals surface area contributed by atoms with E-state index in [1.54, 1.807) is 6.07 Å². The minimum Gasteiger partial charge on any atom is -0.292 e. The minimum absolute atomic E-state index is 0.0596. The molecule has 0 aliphatic heterocycles. The molecule has 0 saturated carbocycles.